The van der Waals surface area contributed by atoms with E-state index in [1.165, 1.54) is 16.7 Å². The fraction of sp³-hybridized carbons (Fsp3) is 0.346. The van der Waals surface area contributed by atoms with Gasteiger partial charge in [0.2, 0.25) is 0 Å². The number of halogens is 1. The van der Waals surface area contributed by atoms with Crippen molar-refractivity contribution in [1.29, 1.82) is 0 Å². The maximum atomic E-state index is 11.8. The van der Waals surface area contributed by atoms with Gasteiger partial charge in [0, 0.05) is 6.54 Å². The van der Waals surface area contributed by atoms with Gasteiger partial charge >= 0.3 is 5.97 Å². The zero-order valence-electron chi connectivity index (χ0n) is 18.2. The molecule has 164 valence electrons. The molecular formula is C26H30BrNO3. The number of nitrogens with zero attached hydrogens (tertiary/aromatic N) is 1. The monoisotopic (exact) mass is 483 g/mol. The van der Waals surface area contributed by atoms with Gasteiger partial charge < -0.3 is 14.7 Å². The largest absolute Gasteiger partial charge is 0.486 e. The van der Waals surface area contributed by atoms with Crippen molar-refractivity contribution in [1.82, 2.24) is 4.90 Å². The number of allylic oxidation sites excluding steroid dienone is 2. The number of carboxylic acids is 1. The van der Waals surface area contributed by atoms with Crippen molar-refractivity contribution in [2.75, 3.05) is 6.54 Å². The number of ether oxygens (including phenoxy) is 1. The van der Waals surface area contributed by atoms with Crippen molar-refractivity contribution >= 4 is 21.9 Å². The zero-order valence-corrected chi connectivity index (χ0v) is 19.8. The zero-order chi connectivity index (χ0) is 22.2. The summed E-state index contributed by atoms with van der Waals surface area (Å²) in [6.45, 7) is 5.30. The Labute approximate surface area is 193 Å². The molecule has 1 aliphatic rings. The number of hydrogen-bond acceptors (Lipinski definition) is 3. The molecular weight excluding hydrogens is 454 g/mol. The van der Waals surface area contributed by atoms with Gasteiger partial charge in [0.15, 0.2) is 0 Å². The molecule has 0 aliphatic carbocycles. The first kappa shape index (κ1) is 23.1. The van der Waals surface area contributed by atoms with Crippen molar-refractivity contribution in [3.8, 4) is 11.1 Å². The van der Waals surface area contributed by atoms with Gasteiger partial charge in [-0.3, -0.25) is 0 Å². The Bertz CT molecular complexity index is 952. The molecule has 0 bridgehead atoms. The molecule has 1 aliphatic heterocycles. The minimum absolute atomic E-state index is 0.413. The number of rotatable bonds is 8. The SMILES string of the molecule is CC/C=C\C(OCc1cccc(-c2ccccc2)c1C)=C(\Br)N1CCCCC1C(=O)O. The van der Waals surface area contributed by atoms with Gasteiger partial charge in [-0.05, 0) is 76.9 Å². The van der Waals surface area contributed by atoms with Crippen molar-refractivity contribution in [3.05, 3.63) is 82.2 Å². The van der Waals surface area contributed by atoms with Crippen LogP contribution in [0.1, 0.15) is 43.7 Å². The number of carbonyl (C=O) groups is 1. The topological polar surface area (TPSA) is 49.8 Å². The lowest BCUT2D eigenvalue weighted by Gasteiger charge is -2.35. The molecule has 1 unspecified atom stereocenters. The number of aliphatic carboxylic acids is 1. The predicted molar refractivity (Wildman–Crippen MR) is 129 cm³/mol. The highest BCUT2D eigenvalue weighted by Crippen LogP contribution is 2.30. The van der Waals surface area contributed by atoms with E-state index in [1.54, 1.807) is 0 Å². The Kier molecular flexibility index (Phi) is 8.35. The van der Waals surface area contributed by atoms with E-state index in [1.807, 2.05) is 35.3 Å². The quantitative estimate of drug-likeness (QED) is 0.259. The summed E-state index contributed by atoms with van der Waals surface area (Å²) < 4.78 is 6.97. The molecule has 0 radical (unpaired) electrons. The molecule has 2 aromatic carbocycles. The van der Waals surface area contributed by atoms with Gasteiger partial charge in [0.25, 0.3) is 0 Å². The van der Waals surface area contributed by atoms with Crippen molar-refractivity contribution in [2.45, 2.75) is 52.2 Å². The van der Waals surface area contributed by atoms with Gasteiger partial charge in [0.1, 0.15) is 23.0 Å². The number of carboxylic acid groups (broad SMARTS) is 1. The van der Waals surface area contributed by atoms with Crippen molar-refractivity contribution in [3.63, 3.8) is 0 Å². The van der Waals surface area contributed by atoms with Gasteiger partial charge in [0.05, 0.1) is 0 Å². The molecule has 31 heavy (non-hydrogen) atoms. The lowest BCUT2D eigenvalue weighted by Crippen LogP contribution is -2.43. The van der Waals surface area contributed by atoms with E-state index in [4.69, 9.17) is 4.74 Å². The van der Waals surface area contributed by atoms with Gasteiger partial charge in [-0.15, -0.1) is 0 Å². The third-order valence-electron chi connectivity index (χ3n) is 5.66. The number of benzene rings is 2. The molecule has 1 atom stereocenters. The normalized spacial score (nSPS) is 17.5. The molecule has 1 heterocycles. The van der Waals surface area contributed by atoms with Crippen LogP contribution in [0.25, 0.3) is 11.1 Å². The summed E-state index contributed by atoms with van der Waals surface area (Å²) in [7, 11) is 0. The van der Waals surface area contributed by atoms with E-state index in [9.17, 15) is 9.90 Å². The molecule has 1 fully saturated rings. The van der Waals surface area contributed by atoms with Crippen LogP contribution in [0.3, 0.4) is 0 Å². The molecule has 2 aromatic rings. The number of hydrogen-bond donors (Lipinski definition) is 1. The van der Waals surface area contributed by atoms with E-state index >= 15 is 0 Å². The van der Waals surface area contributed by atoms with Crippen LogP contribution in [0.15, 0.2) is 71.0 Å². The molecule has 1 saturated heterocycles. The summed E-state index contributed by atoms with van der Waals surface area (Å²) in [5, 5.41) is 9.65. The standard InChI is InChI=1S/C26H30BrNO3/c1-3-4-16-24(25(27)28-17-9-8-15-23(28)26(29)30)31-18-21-13-10-14-22(19(21)2)20-11-6-5-7-12-20/h4-7,10-14,16,23H,3,8-9,15,17-18H2,1-2H3,(H,29,30)/b16-4-,25-24+. The van der Waals surface area contributed by atoms with E-state index in [-0.39, 0.29) is 0 Å². The highest BCUT2D eigenvalue weighted by atomic mass is 79.9. The fourth-order valence-electron chi connectivity index (χ4n) is 3.89. The first-order chi connectivity index (χ1) is 15.0. The first-order valence-electron chi connectivity index (χ1n) is 10.9. The minimum atomic E-state index is -0.790. The molecule has 0 saturated carbocycles. The van der Waals surface area contributed by atoms with E-state index < -0.39 is 12.0 Å². The summed E-state index contributed by atoms with van der Waals surface area (Å²) in [5.41, 5.74) is 4.67. The Balaban J connectivity index is 1.86. The Morgan fingerprint density at radius 1 is 1.19 bits per heavy atom. The summed E-state index contributed by atoms with van der Waals surface area (Å²) >= 11 is 3.65. The number of likely N-dealkylation sites (tertiary alicyclic amines) is 1. The van der Waals surface area contributed by atoms with Crippen LogP contribution in [0.4, 0.5) is 0 Å². The molecule has 4 nitrogen and oxygen atoms in total. The molecule has 1 N–H and O–H groups in total. The summed E-state index contributed by atoms with van der Waals surface area (Å²) in [6.07, 6.45) is 7.39. The molecule has 0 amide bonds. The first-order valence-corrected chi connectivity index (χ1v) is 11.6. The van der Waals surface area contributed by atoms with Gasteiger partial charge in [-0.25, -0.2) is 4.79 Å². The van der Waals surface area contributed by atoms with Crippen LogP contribution in [-0.4, -0.2) is 28.6 Å². The maximum absolute atomic E-state index is 11.8. The van der Waals surface area contributed by atoms with Crippen LogP contribution in [-0.2, 0) is 16.1 Å². The van der Waals surface area contributed by atoms with Crippen LogP contribution in [0, 0.1) is 6.92 Å². The van der Waals surface area contributed by atoms with Gasteiger partial charge in [-0.2, -0.15) is 0 Å². The highest BCUT2D eigenvalue weighted by molar-refractivity contribution is 9.11. The second-order valence-corrected chi connectivity index (χ2v) is 8.50. The second-order valence-electron chi connectivity index (χ2n) is 7.75. The van der Waals surface area contributed by atoms with Crippen LogP contribution < -0.4 is 0 Å². The van der Waals surface area contributed by atoms with E-state index in [0.717, 1.165) is 24.8 Å². The average molecular weight is 484 g/mol. The maximum Gasteiger partial charge on any atom is 0.326 e. The van der Waals surface area contributed by atoms with Gasteiger partial charge in [-0.1, -0.05) is 61.5 Å². The predicted octanol–water partition coefficient (Wildman–Crippen LogP) is 6.65. The lowest BCUT2D eigenvalue weighted by atomic mass is 9.97. The molecule has 3 rings (SSSR count). The minimum Gasteiger partial charge on any atom is -0.486 e. The summed E-state index contributed by atoms with van der Waals surface area (Å²) in [4.78, 5) is 13.7. The van der Waals surface area contributed by atoms with Crippen molar-refractivity contribution in [2.24, 2.45) is 0 Å². The Morgan fingerprint density at radius 3 is 2.68 bits per heavy atom. The lowest BCUT2D eigenvalue weighted by molar-refractivity contribution is -0.143. The Morgan fingerprint density at radius 2 is 1.97 bits per heavy atom. The average Bonchev–Trinajstić information content (AvgIpc) is 2.80. The Hall–Kier alpha value is -2.53. The van der Waals surface area contributed by atoms with Crippen molar-refractivity contribution < 1.29 is 14.6 Å². The number of piperidine rings is 1. The molecule has 5 heteroatoms. The highest BCUT2D eigenvalue weighted by Gasteiger charge is 2.30. The third-order valence-corrected chi connectivity index (χ3v) is 6.51. The van der Waals surface area contributed by atoms with E-state index in [0.29, 0.717) is 29.9 Å². The summed E-state index contributed by atoms with van der Waals surface area (Å²) in [6, 6.07) is 16.1. The molecule has 0 spiro atoms. The third kappa shape index (κ3) is 5.79. The summed E-state index contributed by atoms with van der Waals surface area (Å²) in [5.74, 6) is -0.124. The van der Waals surface area contributed by atoms with Crippen LogP contribution in [0.5, 0.6) is 0 Å². The molecule has 0 aromatic heterocycles. The second kappa shape index (κ2) is 11.2. The fourth-order valence-corrected chi connectivity index (χ4v) is 4.56. The van der Waals surface area contributed by atoms with Crippen LogP contribution in [0.2, 0.25) is 0 Å². The van der Waals surface area contributed by atoms with Crippen LogP contribution >= 0.6 is 15.9 Å². The van der Waals surface area contributed by atoms with E-state index in [2.05, 4.69) is 60.1 Å². The smallest absolute Gasteiger partial charge is 0.326 e.